The fraction of sp³-hybridized carbons (Fsp3) is 1.00. The van der Waals surface area contributed by atoms with Gasteiger partial charge in [-0.2, -0.15) is 0 Å². The molecule has 0 aromatic carbocycles. The zero-order valence-corrected chi connectivity index (χ0v) is 19.0. The van der Waals surface area contributed by atoms with Crippen LogP contribution < -0.4 is 16.0 Å². The van der Waals surface area contributed by atoms with E-state index in [1.165, 1.54) is 0 Å². The van der Waals surface area contributed by atoms with Gasteiger partial charge in [0.25, 0.3) is 0 Å². The number of rotatable bonds is 1. The number of hydrogen-bond donors (Lipinski definition) is 3. The average Bonchev–Trinajstić information content (AvgIpc) is 2.59. The molecule has 0 radical (unpaired) electrons. The number of halogens is 12. The van der Waals surface area contributed by atoms with Gasteiger partial charge in [-0.05, 0) is 0 Å². The van der Waals surface area contributed by atoms with Crippen LogP contribution in [0.3, 0.4) is 0 Å². The minimum atomic E-state index is -11.7. The first kappa shape index (κ1) is 30.7. The molecule has 0 aromatic rings. The van der Waals surface area contributed by atoms with Crippen molar-refractivity contribution < 1.29 is 68.2 Å². The van der Waals surface area contributed by atoms with Crippen molar-refractivity contribution in [1.29, 1.82) is 0 Å². The van der Waals surface area contributed by atoms with Gasteiger partial charge in [0, 0.05) is 0 Å². The Kier molecular flexibility index (Phi) is 10.4. The molecule has 0 aromatic heterocycles. The molecule has 0 spiro atoms. The van der Waals surface area contributed by atoms with Gasteiger partial charge in [0.15, 0.2) is 0 Å². The number of alkyl halides is 12. The fourth-order valence-electron chi connectivity index (χ4n) is 4.08. The zero-order chi connectivity index (χ0) is 25.6. The van der Waals surface area contributed by atoms with E-state index in [9.17, 15) is 52.7 Å². The van der Waals surface area contributed by atoms with Crippen molar-refractivity contribution in [2.24, 2.45) is 0 Å². The molecule has 3 N–H and O–H groups in total. The SMILES string of the molecule is F[C](F)(F)[Ti]([N]1CCCNCCCNCCCNCCC1)([C](F)(F)F)([C](F)(F)F)[C](F)(F)F. The Labute approximate surface area is 184 Å². The predicted octanol–water partition coefficient (Wildman–Crippen LogP) is 4.32. The molecule has 0 saturated carbocycles. The molecule has 1 rings (SSSR count). The van der Waals surface area contributed by atoms with Gasteiger partial charge in [-0.1, -0.05) is 0 Å². The summed E-state index contributed by atoms with van der Waals surface area (Å²) < 4.78 is 135. The van der Waals surface area contributed by atoms with Crippen LogP contribution in [0.2, 0.25) is 0 Å². The van der Waals surface area contributed by atoms with Crippen LogP contribution in [0, 0.1) is 0 Å². The third-order valence-electron chi connectivity index (χ3n) is 5.82. The van der Waals surface area contributed by atoms with Gasteiger partial charge in [0.1, 0.15) is 0 Å². The van der Waals surface area contributed by atoms with Crippen LogP contribution in [0.4, 0.5) is 52.7 Å². The van der Waals surface area contributed by atoms with Crippen molar-refractivity contribution >= 4 is 0 Å². The van der Waals surface area contributed by atoms with E-state index in [1.54, 1.807) is 0 Å². The van der Waals surface area contributed by atoms with E-state index in [0.29, 0.717) is 25.9 Å². The van der Waals surface area contributed by atoms with Crippen LogP contribution in [0.25, 0.3) is 0 Å². The molecule has 4 nitrogen and oxygen atoms in total. The van der Waals surface area contributed by atoms with Gasteiger partial charge in [-0.3, -0.25) is 0 Å². The van der Waals surface area contributed by atoms with E-state index in [1.807, 2.05) is 0 Å². The van der Waals surface area contributed by atoms with Gasteiger partial charge in [0.2, 0.25) is 0 Å². The summed E-state index contributed by atoms with van der Waals surface area (Å²) in [4.78, 5) is 0. The topological polar surface area (TPSA) is 39.3 Å². The van der Waals surface area contributed by atoms with Crippen molar-refractivity contribution in [2.75, 3.05) is 52.4 Å². The summed E-state index contributed by atoms with van der Waals surface area (Å²) >= 11 is -11.7. The maximum atomic E-state index is 13.9. The Morgan fingerprint density at radius 3 is 0.909 bits per heavy atom. The fourth-order valence-corrected chi connectivity index (χ4v) is 11.2. The first-order chi connectivity index (χ1) is 15.0. The normalized spacial score (nSPS) is 22.5. The van der Waals surface area contributed by atoms with Crippen LogP contribution in [0.1, 0.15) is 25.7 Å². The van der Waals surface area contributed by atoms with Crippen LogP contribution in [0.5, 0.6) is 0 Å². The number of nitrogens with one attached hydrogen (secondary N) is 3. The Hall–Kier alpha value is -0.286. The van der Waals surface area contributed by atoms with E-state index in [4.69, 9.17) is 0 Å². The summed E-state index contributed by atoms with van der Waals surface area (Å²) in [5, 5.41) is 8.33. The first-order valence-corrected chi connectivity index (χ1v) is 14.1. The molecule has 33 heavy (non-hydrogen) atoms. The molecule has 0 aliphatic carbocycles. The van der Waals surface area contributed by atoms with Crippen molar-refractivity contribution in [3.8, 4) is 0 Å². The molecular weight excluding hydrogens is 524 g/mol. The van der Waals surface area contributed by atoms with Crippen molar-refractivity contribution in [3.63, 3.8) is 0 Å². The van der Waals surface area contributed by atoms with Gasteiger partial charge in [-0.25, -0.2) is 0 Å². The molecule has 0 unspecified atom stereocenters. The van der Waals surface area contributed by atoms with Gasteiger partial charge >= 0.3 is 184 Å². The van der Waals surface area contributed by atoms with Crippen molar-refractivity contribution in [2.45, 2.75) is 43.6 Å². The third kappa shape index (κ3) is 5.15. The van der Waals surface area contributed by atoms with Gasteiger partial charge in [0.05, 0.1) is 0 Å². The Morgan fingerprint density at radius 2 is 0.667 bits per heavy atom. The van der Waals surface area contributed by atoms with E-state index >= 15 is 0 Å². The average molecular weight is 551 g/mol. The van der Waals surface area contributed by atoms with E-state index in [2.05, 4.69) is 16.0 Å². The minimum absolute atomic E-state index is 0.233. The molecule has 1 aliphatic rings. The zero-order valence-electron chi connectivity index (χ0n) is 17.5. The first-order valence-electron chi connectivity index (χ1n) is 10.2. The quantitative estimate of drug-likeness (QED) is 0.336. The predicted molar refractivity (Wildman–Crippen MR) is 92.9 cm³/mol. The third-order valence-corrected chi connectivity index (χ3v) is 15.4. The Balaban J connectivity index is 3.62. The molecule has 199 valence electrons. The number of nitrogens with zero attached hydrogens (tertiary/aromatic N) is 1. The molecule has 1 saturated heterocycles. The van der Waals surface area contributed by atoms with Crippen LogP contribution in [-0.2, 0) is 15.6 Å². The van der Waals surface area contributed by atoms with E-state index in [-0.39, 0.29) is 26.2 Å². The van der Waals surface area contributed by atoms with Crippen LogP contribution in [0.15, 0.2) is 0 Å². The maximum absolute atomic E-state index is 13.9. The van der Waals surface area contributed by atoms with E-state index in [0.717, 1.165) is 0 Å². The number of hydrogen-bond acceptors (Lipinski definition) is 4. The Bertz CT molecular complexity index is 519. The second kappa shape index (κ2) is 11.2. The van der Waals surface area contributed by atoms with Gasteiger partial charge in [-0.15, -0.1) is 0 Å². The molecule has 1 fully saturated rings. The molecule has 0 amide bonds. The second-order valence-corrected chi connectivity index (χ2v) is 16.1. The molecule has 17 heteroatoms. The van der Waals surface area contributed by atoms with Crippen LogP contribution >= 0.6 is 0 Å². The van der Waals surface area contributed by atoms with Gasteiger partial charge < -0.3 is 0 Å². The summed E-state index contributed by atoms with van der Waals surface area (Å²) in [5.41, 5.74) is 0. The summed E-state index contributed by atoms with van der Waals surface area (Å²) in [6.07, 6.45) is -0.537. The molecule has 0 bridgehead atoms. The van der Waals surface area contributed by atoms with E-state index < -0.39 is 62.8 Å². The summed E-state index contributed by atoms with van der Waals surface area (Å²) in [5.74, 6) is 0. The summed E-state index contributed by atoms with van der Waals surface area (Å²) in [6.45, 7) is -2.49. The molecule has 0 atom stereocenters. The molecule has 1 heterocycles. The standard InChI is InChI=1S/C12H27N4.4CF3.Ti/c1-5-13-7-2-9-15-11-4-12-16-10-3-8-14-6-1;4*2-1(3)4;/h13-15H,1-12H2;;;;;/q-1;;;;;+1. The Morgan fingerprint density at radius 1 is 0.424 bits per heavy atom. The van der Waals surface area contributed by atoms with Crippen molar-refractivity contribution in [1.82, 2.24) is 19.3 Å². The monoisotopic (exact) mass is 551 g/mol. The summed E-state index contributed by atoms with van der Waals surface area (Å²) in [7, 11) is 0. The second-order valence-electron chi connectivity index (χ2n) is 7.84. The molecule has 1 aliphatic heterocycles. The summed E-state index contributed by atoms with van der Waals surface area (Å²) in [6, 6.07) is 0. The molecular formula is C16H27F12N4Ti. The van der Waals surface area contributed by atoms with Crippen molar-refractivity contribution in [3.05, 3.63) is 0 Å². The van der Waals surface area contributed by atoms with Crippen LogP contribution in [-0.4, -0.2) is 73.7 Å².